The van der Waals surface area contributed by atoms with Gasteiger partial charge in [-0.05, 0) is 107 Å². The Kier molecular flexibility index (Phi) is 7.24. The van der Waals surface area contributed by atoms with Crippen LogP contribution in [0, 0.1) is 0 Å². The second kappa shape index (κ2) is 13.4. The van der Waals surface area contributed by atoms with Gasteiger partial charge in [0.05, 0.1) is 44.8 Å². The van der Waals surface area contributed by atoms with Gasteiger partial charge in [-0.25, -0.2) is 0 Å². The van der Waals surface area contributed by atoms with Gasteiger partial charge in [0, 0.05) is 61.4 Å². The Labute approximate surface area is 381 Å². The monoisotopic (exact) mass is 839 g/mol. The Morgan fingerprint density at radius 3 is 0.909 bits per heavy atom. The molecule has 0 aliphatic carbocycles. The average Bonchev–Trinajstić information content (AvgIpc) is 3.90. The maximum atomic E-state index is 2.58. The van der Waals surface area contributed by atoms with Gasteiger partial charge >= 0.3 is 0 Å². The maximum Gasteiger partial charge on any atom is 0.257 e. The first-order valence-corrected chi connectivity index (χ1v) is 22.8. The van der Waals surface area contributed by atoms with E-state index >= 15 is 0 Å². The number of hydrogen-bond acceptors (Lipinski definition) is 3. The summed E-state index contributed by atoms with van der Waals surface area (Å²) in [6.07, 6.45) is 0. The highest BCUT2D eigenvalue weighted by Gasteiger charge is 2.51. The fourth-order valence-electron chi connectivity index (χ4n) is 11.9. The number of anilines is 9. The molecule has 0 saturated heterocycles. The van der Waals surface area contributed by atoms with Crippen LogP contribution >= 0.6 is 0 Å². The fraction of sp³-hybridized carbons (Fsp3) is 0. The first-order valence-electron chi connectivity index (χ1n) is 22.8. The van der Waals surface area contributed by atoms with Crippen LogP contribution in [0.2, 0.25) is 0 Å². The lowest BCUT2D eigenvalue weighted by Crippen LogP contribution is -2.65. The molecule has 2 aromatic heterocycles. The molecule has 66 heavy (non-hydrogen) atoms. The number of fused-ring (bicyclic) bond motifs is 6. The van der Waals surface area contributed by atoms with Crippen molar-refractivity contribution in [2.24, 2.45) is 0 Å². The Balaban J connectivity index is 1.21. The van der Waals surface area contributed by atoms with Gasteiger partial charge in [0.25, 0.3) is 6.71 Å². The summed E-state index contributed by atoms with van der Waals surface area (Å²) < 4.78 is 5.10. The molecule has 0 saturated carbocycles. The van der Waals surface area contributed by atoms with Crippen LogP contribution in [0.15, 0.2) is 231 Å². The van der Waals surface area contributed by atoms with E-state index in [1.165, 1.54) is 94.1 Å². The van der Waals surface area contributed by atoms with Crippen molar-refractivity contribution < 1.29 is 0 Å². The van der Waals surface area contributed by atoms with Crippen molar-refractivity contribution in [1.82, 2.24) is 9.13 Å². The van der Waals surface area contributed by atoms with Crippen molar-refractivity contribution in [3.63, 3.8) is 0 Å². The van der Waals surface area contributed by atoms with Gasteiger partial charge in [-0.1, -0.05) is 140 Å². The minimum absolute atomic E-state index is 0.104. The first kappa shape index (κ1) is 35.7. The molecule has 12 aromatic rings. The largest absolute Gasteiger partial charge is 0.311 e. The molecule has 0 amide bonds. The number of hydrogen-bond donors (Lipinski definition) is 0. The predicted octanol–water partition coefficient (Wildman–Crippen LogP) is 13.7. The van der Waals surface area contributed by atoms with E-state index in [-0.39, 0.29) is 6.71 Å². The van der Waals surface area contributed by atoms with E-state index < -0.39 is 0 Å². The molecule has 0 N–H and O–H groups in total. The van der Waals surface area contributed by atoms with E-state index in [1.54, 1.807) is 0 Å². The van der Waals surface area contributed by atoms with E-state index in [0.717, 1.165) is 28.4 Å². The lowest BCUT2D eigenvalue weighted by atomic mass is 9.31. The van der Waals surface area contributed by atoms with Crippen molar-refractivity contribution in [2.45, 2.75) is 0 Å². The molecule has 6 heteroatoms. The molecule has 0 fully saturated rings. The molecular formula is C60H38BN5. The lowest BCUT2D eigenvalue weighted by molar-refractivity contribution is 1.10. The topological polar surface area (TPSA) is 19.6 Å². The second-order valence-corrected chi connectivity index (χ2v) is 17.6. The van der Waals surface area contributed by atoms with Crippen molar-refractivity contribution in [2.75, 3.05) is 14.7 Å². The van der Waals surface area contributed by atoms with Crippen LogP contribution in [-0.2, 0) is 0 Å². The molecule has 10 aromatic carbocycles. The van der Waals surface area contributed by atoms with Crippen LogP contribution in [0.5, 0.6) is 0 Å². The minimum atomic E-state index is -0.104. The van der Waals surface area contributed by atoms with Gasteiger partial charge in [0.1, 0.15) is 0 Å². The van der Waals surface area contributed by atoms with Crippen molar-refractivity contribution in [1.29, 1.82) is 0 Å². The summed E-state index contributed by atoms with van der Waals surface area (Å²) in [7, 11) is 0. The van der Waals surface area contributed by atoms with Crippen molar-refractivity contribution >= 4 is 118 Å². The third-order valence-corrected chi connectivity index (χ3v) is 14.4. The fourth-order valence-corrected chi connectivity index (χ4v) is 11.9. The summed E-state index contributed by atoms with van der Waals surface area (Å²) in [5.74, 6) is 0. The van der Waals surface area contributed by atoms with Crippen molar-refractivity contribution in [3.8, 4) is 11.4 Å². The summed E-state index contributed by atoms with van der Waals surface area (Å²) in [5.41, 5.74) is 21.3. The van der Waals surface area contributed by atoms with Crippen LogP contribution in [0.1, 0.15) is 0 Å². The zero-order valence-electron chi connectivity index (χ0n) is 35.8. The van der Waals surface area contributed by atoms with Gasteiger partial charge in [-0.3, -0.25) is 0 Å². The highest BCUT2D eigenvalue weighted by Crippen LogP contribution is 2.54. The third-order valence-electron chi connectivity index (χ3n) is 14.4. The molecule has 306 valence electrons. The minimum Gasteiger partial charge on any atom is -0.311 e. The normalized spacial score (nSPS) is 13.3. The zero-order chi connectivity index (χ0) is 43.0. The van der Waals surface area contributed by atoms with E-state index in [1.807, 2.05) is 0 Å². The highest BCUT2D eigenvalue weighted by atomic mass is 15.2. The Morgan fingerprint density at radius 2 is 0.545 bits per heavy atom. The summed E-state index contributed by atoms with van der Waals surface area (Å²) >= 11 is 0. The molecule has 0 spiro atoms. The highest BCUT2D eigenvalue weighted by molar-refractivity contribution is 7.03. The molecule has 0 bridgehead atoms. The molecular weight excluding hydrogens is 802 g/mol. The molecule has 3 aliphatic rings. The Morgan fingerprint density at radius 1 is 0.242 bits per heavy atom. The summed E-state index contributed by atoms with van der Waals surface area (Å²) in [5, 5.41) is 4.93. The van der Waals surface area contributed by atoms with Crippen LogP contribution in [0.4, 0.5) is 51.2 Å². The number of rotatable bonds is 5. The van der Waals surface area contributed by atoms with Crippen LogP contribution in [0.3, 0.4) is 0 Å². The molecule has 0 atom stereocenters. The molecule has 15 rings (SSSR count). The lowest BCUT2D eigenvalue weighted by Gasteiger charge is -2.50. The average molecular weight is 840 g/mol. The van der Waals surface area contributed by atoms with Gasteiger partial charge in [-0.2, -0.15) is 0 Å². The SMILES string of the molecule is c1ccc(N2c3cccc4c3B3c5c2cccc5N(c2ccccc2)c2c(-n5c6ccccc6c6ccccc65)cc(-n5c6ccccc6c6ccccc65)c(c23)N4c2ccccc2)cc1. The van der Waals surface area contributed by atoms with Crippen molar-refractivity contribution in [3.05, 3.63) is 231 Å². The standard InChI is InChI=1S/C60H38BN5/c1-4-20-39(21-5-1)62-50-34-18-36-52-56(50)61-57-51(62)35-19-37-53(57)64(41-24-8-3-9-25-41)60-55(66-48-32-16-12-28-44(48)45-29-13-17-33-49(45)66)38-54(59(58(60)61)63(52)40-22-6-2-7-23-40)65-46-30-14-10-26-42(46)43-27-11-15-31-47(43)65/h1-38H. The number of nitrogens with zero attached hydrogens (tertiary/aromatic N) is 5. The first-order chi connectivity index (χ1) is 32.8. The zero-order valence-corrected chi connectivity index (χ0v) is 35.8. The van der Waals surface area contributed by atoms with E-state index in [4.69, 9.17) is 0 Å². The number of aromatic nitrogens is 2. The third kappa shape index (κ3) is 4.64. The molecule has 5 nitrogen and oxygen atoms in total. The van der Waals surface area contributed by atoms with E-state index in [9.17, 15) is 0 Å². The molecule has 3 aliphatic heterocycles. The van der Waals surface area contributed by atoms with Gasteiger partial charge in [0.15, 0.2) is 0 Å². The maximum absolute atomic E-state index is 2.58. The quantitative estimate of drug-likeness (QED) is 0.161. The van der Waals surface area contributed by atoms with Gasteiger partial charge in [-0.15, -0.1) is 0 Å². The van der Waals surface area contributed by atoms with E-state index in [0.29, 0.717) is 0 Å². The molecule has 0 radical (unpaired) electrons. The van der Waals surface area contributed by atoms with Gasteiger partial charge < -0.3 is 23.8 Å². The summed E-state index contributed by atoms with van der Waals surface area (Å²) in [6.45, 7) is -0.104. The predicted molar refractivity (Wildman–Crippen MR) is 277 cm³/mol. The van der Waals surface area contributed by atoms with Crippen LogP contribution in [0.25, 0.3) is 55.0 Å². The van der Waals surface area contributed by atoms with Gasteiger partial charge in [0.2, 0.25) is 0 Å². The number of benzene rings is 10. The molecule has 0 unspecified atom stereocenters. The summed E-state index contributed by atoms with van der Waals surface area (Å²) in [6, 6.07) is 85.1. The van der Waals surface area contributed by atoms with Crippen LogP contribution < -0.4 is 31.1 Å². The summed E-state index contributed by atoms with van der Waals surface area (Å²) in [4.78, 5) is 7.66. The Hall–Kier alpha value is -8.74. The number of para-hydroxylation sites is 7. The van der Waals surface area contributed by atoms with E-state index in [2.05, 4.69) is 254 Å². The Bertz CT molecular complexity index is 3630. The van der Waals surface area contributed by atoms with Crippen LogP contribution in [-0.4, -0.2) is 15.8 Å². The molecule has 5 heterocycles. The second-order valence-electron chi connectivity index (χ2n) is 17.6. The smallest absolute Gasteiger partial charge is 0.257 e.